The molecule has 0 radical (unpaired) electrons. The van der Waals surface area contributed by atoms with E-state index in [1.165, 1.54) is 12.1 Å². The van der Waals surface area contributed by atoms with E-state index in [0.717, 1.165) is 31.7 Å². The molecule has 1 heterocycles. The smallest absolute Gasteiger partial charge is 0.144 e. The zero-order valence-corrected chi connectivity index (χ0v) is 12.1. The van der Waals surface area contributed by atoms with Crippen LogP contribution in [0.25, 0.3) is 0 Å². The first-order valence-electron chi connectivity index (χ1n) is 7.37. The van der Waals surface area contributed by atoms with Crippen molar-refractivity contribution in [3.8, 4) is 0 Å². The van der Waals surface area contributed by atoms with E-state index in [9.17, 15) is 8.78 Å². The fourth-order valence-electron chi connectivity index (χ4n) is 3.15. The van der Waals surface area contributed by atoms with Gasteiger partial charge in [-0.1, -0.05) is 18.9 Å². The van der Waals surface area contributed by atoms with E-state index in [4.69, 9.17) is 5.73 Å². The second-order valence-electron chi connectivity index (χ2n) is 5.66. The maximum atomic E-state index is 14.2. The van der Waals surface area contributed by atoms with Crippen LogP contribution >= 0.6 is 0 Å². The lowest BCUT2D eigenvalue weighted by Crippen LogP contribution is -2.40. The molecular formula is C16H18F2N4. The molecule has 6 heteroatoms. The predicted octanol–water partition coefficient (Wildman–Crippen LogP) is 2.90. The van der Waals surface area contributed by atoms with Crippen LogP contribution < -0.4 is 11.1 Å². The standard InChI is InChI=1S/C16H18F2N4/c17-11-3-4-12(13(18)9-11)16(6-1-2-7-16)21-10-15-20-8-5-14(19)22-15/h3-5,8-9,21H,1-2,6-7,10H2,(H2,19,20,22). The number of nitrogens with zero attached hydrogens (tertiary/aromatic N) is 2. The van der Waals surface area contributed by atoms with Crippen molar-refractivity contribution < 1.29 is 8.78 Å². The minimum absolute atomic E-state index is 0.391. The first-order valence-corrected chi connectivity index (χ1v) is 7.37. The molecule has 1 saturated carbocycles. The van der Waals surface area contributed by atoms with Crippen molar-refractivity contribution in [3.05, 3.63) is 53.5 Å². The first-order chi connectivity index (χ1) is 10.6. The molecule has 3 rings (SSSR count). The van der Waals surface area contributed by atoms with Gasteiger partial charge in [0.2, 0.25) is 0 Å². The SMILES string of the molecule is Nc1ccnc(CNC2(c3ccc(F)cc3F)CCCC2)n1. The van der Waals surface area contributed by atoms with E-state index in [1.807, 2.05) is 0 Å². The Labute approximate surface area is 127 Å². The summed E-state index contributed by atoms with van der Waals surface area (Å²) in [5.41, 5.74) is 5.66. The topological polar surface area (TPSA) is 63.8 Å². The predicted molar refractivity (Wildman–Crippen MR) is 79.8 cm³/mol. The van der Waals surface area contributed by atoms with Crippen LogP contribution in [0, 0.1) is 11.6 Å². The highest BCUT2D eigenvalue weighted by Gasteiger charge is 2.37. The molecule has 1 aromatic heterocycles. The van der Waals surface area contributed by atoms with Crippen LogP contribution in [0.2, 0.25) is 0 Å². The third kappa shape index (κ3) is 2.92. The second kappa shape index (κ2) is 5.96. The Morgan fingerprint density at radius 2 is 1.95 bits per heavy atom. The molecule has 0 amide bonds. The van der Waals surface area contributed by atoms with Crippen molar-refractivity contribution in [2.75, 3.05) is 5.73 Å². The Hall–Kier alpha value is -2.08. The fraction of sp³-hybridized carbons (Fsp3) is 0.375. The van der Waals surface area contributed by atoms with Crippen molar-refractivity contribution >= 4 is 5.82 Å². The number of rotatable bonds is 4. The second-order valence-corrected chi connectivity index (χ2v) is 5.66. The average molecular weight is 304 g/mol. The third-order valence-corrected chi connectivity index (χ3v) is 4.22. The molecule has 116 valence electrons. The summed E-state index contributed by atoms with van der Waals surface area (Å²) in [5.74, 6) is -0.106. The molecule has 1 aromatic carbocycles. The van der Waals surface area contributed by atoms with Gasteiger partial charge in [-0.2, -0.15) is 0 Å². The third-order valence-electron chi connectivity index (χ3n) is 4.22. The van der Waals surface area contributed by atoms with Gasteiger partial charge >= 0.3 is 0 Å². The summed E-state index contributed by atoms with van der Waals surface area (Å²) in [7, 11) is 0. The summed E-state index contributed by atoms with van der Waals surface area (Å²) in [6.45, 7) is 0.391. The van der Waals surface area contributed by atoms with Gasteiger partial charge in [0, 0.05) is 23.4 Å². The number of halogens is 2. The highest BCUT2D eigenvalue weighted by Crippen LogP contribution is 2.40. The molecular weight excluding hydrogens is 286 g/mol. The van der Waals surface area contributed by atoms with Crippen molar-refractivity contribution in [2.45, 2.75) is 37.8 Å². The summed E-state index contributed by atoms with van der Waals surface area (Å²) in [6, 6.07) is 5.39. The molecule has 2 aromatic rings. The van der Waals surface area contributed by atoms with Gasteiger partial charge in [0.15, 0.2) is 0 Å². The fourth-order valence-corrected chi connectivity index (χ4v) is 3.15. The van der Waals surface area contributed by atoms with Gasteiger partial charge in [0.05, 0.1) is 6.54 Å². The monoisotopic (exact) mass is 304 g/mol. The molecule has 1 aliphatic rings. The quantitative estimate of drug-likeness (QED) is 0.911. The van der Waals surface area contributed by atoms with Crippen LogP contribution in [-0.4, -0.2) is 9.97 Å². The lowest BCUT2D eigenvalue weighted by molar-refractivity contribution is 0.321. The first kappa shape index (κ1) is 14.8. The number of hydrogen-bond donors (Lipinski definition) is 2. The van der Waals surface area contributed by atoms with Gasteiger partial charge in [-0.25, -0.2) is 18.7 Å². The number of benzene rings is 1. The van der Waals surface area contributed by atoms with Crippen molar-refractivity contribution in [2.24, 2.45) is 0 Å². The van der Waals surface area contributed by atoms with E-state index >= 15 is 0 Å². The highest BCUT2D eigenvalue weighted by molar-refractivity contribution is 5.29. The van der Waals surface area contributed by atoms with Crippen LogP contribution in [0.15, 0.2) is 30.5 Å². The maximum absolute atomic E-state index is 14.2. The number of hydrogen-bond acceptors (Lipinski definition) is 4. The number of aromatic nitrogens is 2. The molecule has 0 unspecified atom stereocenters. The molecule has 0 aliphatic heterocycles. The summed E-state index contributed by atoms with van der Waals surface area (Å²) >= 11 is 0. The van der Waals surface area contributed by atoms with Gasteiger partial charge in [-0.3, -0.25) is 0 Å². The van der Waals surface area contributed by atoms with E-state index in [-0.39, 0.29) is 0 Å². The Bertz CT molecular complexity index is 669. The Kier molecular flexibility index (Phi) is 4.02. The van der Waals surface area contributed by atoms with Gasteiger partial charge in [-0.05, 0) is 25.0 Å². The van der Waals surface area contributed by atoms with Crippen LogP contribution in [0.5, 0.6) is 0 Å². The van der Waals surface area contributed by atoms with Gasteiger partial charge in [0.25, 0.3) is 0 Å². The lowest BCUT2D eigenvalue weighted by Gasteiger charge is -2.31. The van der Waals surface area contributed by atoms with Crippen molar-refractivity contribution in [3.63, 3.8) is 0 Å². The molecule has 22 heavy (non-hydrogen) atoms. The summed E-state index contributed by atoms with van der Waals surface area (Å²) in [4.78, 5) is 8.30. The lowest BCUT2D eigenvalue weighted by atomic mass is 9.87. The molecule has 0 bridgehead atoms. The van der Waals surface area contributed by atoms with Crippen LogP contribution in [-0.2, 0) is 12.1 Å². The highest BCUT2D eigenvalue weighted by atomic mass is 19.1. The van der Waals surface area contributed by atoms with Crippen LogP contribution in [0.3, 0.4) is 0 Å². The van der Waals surface area contributed by atoms with Crippen LogP contribution in [0.4, 0.5) is 14.6 Å². The summed E-state index contributed by atoms with van der Waals surface area (Å²) in [5, 5.41) is 3.37. The number of nitrogens with two attached hydrogens (primary N) is 1. The summed E-state index contributed by atoms with van der Waals surface area (Å²) < 4.78 is 27.4. The molecule has 0 saturated heterocycles. The Morgan fingerprint density at radius 1 is 1.18 bits per heavy atom. The number of anilines is 1. The normalized spacial score (nSPS) is 16.8. The van der Waals surface area contributed by atoms with Gasteiger partial charge in [-0.15, -0.1) is 0 Å². The molecule has 1 aliphatic carbocycles. The van der Waals surface area contributed by atoms with E-state index in [1.54, 1.807) is 12.3 Å². The summed E-state index contributed by atoms with van der Waals surface area (Å²) in [6.07, 6.45) is 5.21. The minimum Gasteiger partial charge on any atom is -0.384 e. The van der Waals surface area contributed by atoms with Crippen LogP contribution in [0.1, 0.15) is 37.1 Å². The van der Waals surface area contributed by atoms with E-state index in [2.05, 4.69) is 15.3 Å². The maximum Gasteiger partial charge on any atom is 0.144 e. The zero-order valence-electron chi connectivity index (χ0n) is 12.1. The van der Waals surface area contributed by atoms with E-state index < -0.39 is 17.2 Å². The Balaban J connectivity index is 1.85. The number of nitrogen functional groups attached to an aromatic ring is 1. The zero-order chi connectivity index (χ0) is 15.6. The number of nitrogens with one attached hydrogen (secondary N) is 1. The largest absolute Gasteiger partial charge is 0.384 e. The minimum atomic E-state index is -0.562. The molecule has 0 spiro atoms. The molecule has 0 atom stereocenters. The average Bonchev–Trinajstić information content (AvgIpc) is 2.95. The Morgan fingerprint density at radius 3 is 2.64 bits per heavy atom. The van der Waals surface area contributed by atoms with Gasteiger partial charge in [0.1, 0.15) is 23.3 Å². The van der Waals surface area contributed by atoms with Gasteiger partial charge < -0.3 is 11.1 Å². The van der Waals surface area contributed by atoms with Crippen molar-refractivity contribution in [1.29, 1.82) is 0 Å². The molecule has 1 fully saturated rings. The van der Waals surface area contributed by atoms with E-state index in [0.29, 0.717) is 23.8 Å². The van der Waals surface area contributed by atoms with Crippen molar-refractivity contribution in [1.82, 2.24) is 15.3 Å². The molecule has 3 N–H and O–H groups in total. The molecule has 4 nitrogen and oxygen atoms in total.